The predicted octanol–water partition coefficient (Wildman–Crippen LogP) is 3.32. The second-order valence-corrected chi connectivity index (χ2v) is 6.14. The summed E-state index contributed by atoms with van der Waals surface area (Å²) in [4.78, 5) is 25.0. The zero-order valence-corrected chi connectivity index (χ0v) is 15.1. The zero-order chi connectivity index (χ0) is 20.1. The number of carbonyl (C=O) groups excluding carboxylic acids is 1. The molecule has 0 unspecified atom stereocenters. The fraction of sp³-hybridized carbons (Fsp3) is 0.0500. The van der Waals surface area contributed by atoms with Crippen LogP contribution in [0.25, 0.3) is 0 Å². The number of aromatic amines is 1. The van der Waals surface area contributed by atoms with E-state index in [0.29, 0.717) is 29.4 Å². The molecule has 144 valence electrons. The molecule has 0 radical (unpaired) electrons. The molecule has 29 heavy (non-hydrogen) atoms. The van der Waals surface area contributed by atoms with Crippen LogP contribution in [0.5, 0.6) is 0 Å². The van der Waals surface area contributed by atoms with Crippen LogP contribution < -0.4 is 10.6 Å². The molecule has 4 aromatic rings. The maximum absolute atomic E-state index is 13.0. The van der Waals surface area contributed by atoms with E-state index >= 15 is 0 Å². The number of benzene rings is 2. The molecule has 8 nitrogen and oxygen atoms in total. The standard InChI is InChI=1S/C20H16FN7O/c21-15-7-5-13(6-8-15)11-17-25-20(28-27-17)26-18(29)14-3-1-4-16(12-14)24-19-22-9-2-10-23-19/h1-10,12H,11H2,(H,22,23,24)(H2,25,26,27,28,29). The van der Waals surface area contributed by atoms with Gasteiger partial charge in [-0.1, -0.05) is 18.2 Å². The lowest BCUT2D eigenvalue weighted by molar-refractivity contribution is 0.102. The van der Waals surface area contributed by atoms with Crippen molar-refractivity contribution in [2.24, 2.45) is 0 Å². The Bertz CT molecular complexity index is 1110. The monoisotopic (exact) mass is 389 g/mol. The summed E-state index contributed by atoms with van der Waals surface area (Å²) >= 11 is 0. The number of halogens is 1. The van der Waals surface area contributed by atoms with Crippen molar-refractivity contribution in [1.82, 2.24) is 25.1 Å². The Balaban J connectivity index is 1.41. The van der Waals surface area contributed by atoms with Crippen molar-refractivity contribution in [2.45, 2.75) is 6.42 Å². The van der Waals surface area contributed by atoms with Crippen LogP contribution in [0.3, 0.4) is 0 Å². The Labute approximate surface area is 165 Å². The van der Waals surface area contributed by atoms with Gasteiger partial charge in [-0.3, -0.25) is 15.2 Å². The molecule has 0 spiro atoms. The highest BCUT2D eigenvalue weighted by Crippen LogP contribution is 2.15. The molecule has 0 saturated carbocycles. The molecule has 0 fully saturated rings. The molecular formula is C20H16FN7O. The van der Waals surface area contributed by atoms with Gasteiger partial charge < -0.3 is 5.32 Å². The highest BCUT2D eigenvalue weighted by atomic mass is 19.1. The average Bonchev–Trinajstić information content (AvgIpc) is 3.17. The van der Waals surface area contributed by atoms with Gasteiger partial charge in [0.05, 0.1) is 0 Å². The number of nitrogens with zero attached hydrogens (tertiary/aromatic N) is 4. The predicted molar refractivity (Wildman–Crippen MR) is 105 cm³/mol. The fourth-order valence-electron chi connectivity index (χ4n) is 2.63. The lowest BCUT2D eigenvalue weighted by Gasteiger charge is -2.06. The summed E-state index contributed by atoms with van der Waals surface area (Å²) in [7, 11) is 0. The first-order valence-corrected chi connectivity index (χ1v) is 8.77. The fourth-order valence-corrected chi connectivity index (χ4v) is 2.63. The van der Waals surface area contributed by atoms with Crippen molar-refractivity contribution in [1.29, 1.82) is 0 Å². The first-order valence-electron chi connectivity index (χ1n) is 8.77. The minimum Gasteiger partial charge on any atom is -0.324 e. The molecule has 0 aliphatic heterocycles. The summed E-state index contributed by atoms with van der Waals surface area (Å²) in [5, 5.41) is 12.5. The number of hydrogen-bond acceptors (Lipinski definition) is 6. The van der Waals surface area contributed by atoms with Gasteiger partial charge in [0.2, 0.25) is 11.9 Å². The minimum atomic E-state index is -0.352. The SMILES string of the molecule is O=C(Nc1n[nH]c(Cc2ccc(F)cc2)n1)c1cccc(Nc2ncccn2)c1. The van der Waals surface area contributed by atoms with Gasteiger partial charge in [0.1, 0.15) is 11.6 Å². The first kappa shape index (κ1) is 18.2. The number of H-pyrrole nitrogens is 1. The number of carbonyl (C=O) groups is 1. The molecule has 3 N–H and O–H groups in total. The summed E-state index contributed by atoms with van der Waals surface area (Å²) in [5.74, 6) is 0.509. The minimum absolute atomic E-state index is 0.164. The van der Waals surface area contributed by atoms with E-state index < -0.39 is 0 Å². The van der Waals surface area contributed by atoms with Gasteiger partial charge in [-0.05, 0) is 42.0 Å². The average molecular weight is 389 g/mol. The molecule has 9 heteroatoms. The Kier molecular flexibility index (Phi) is 5.19. The van der Waals surface area contributed by atoms with Gasteiger partial charge in [-0.2, -0.15) is 4.98 Å². The van der Waals surface area contributed by atoms with Gasteiger partial charge in [0.25, 0.3) is 5.91 Å². The number of aromatic nitrogens is 5. The quantitative estimate of drug-likeness (QED) is 0.467. The van der Waals surface area contributed by atoms with Crippen molar-refractivity contribution < 1.29 is 9.18 Å². The van der Waals surface area contributed by atoms with Crippen LogP contribution in [0.2, 0.25) is 0 Å². The van der Waals surface area contributed by atoms with E-state index in [9.17, 15) is 9.18 Å². The van der Waals surface area contributed by atoms with Crippen molar-refractivity contribution >= 4 is 23.5 Å². The Hall–Kier alpha value is -4.14. The van der Waals surface area contributed by atoms with Gasteiger partial charge in [0, 0.05) is 30.1 Å². The van der Waals surface area contributed by atoms with Crippen LogP contribution in [0.15, 0.2) is 67.0 Å². The molecular weight excluding hydrogens is 373 g/mol. The van der Waals surface area contributed by atoms with E-state index in [1.54, 1.807) is 54.9 Å². The topological polar surface area (TPSA) is 108 Å². The van der Waals surface area contributed by atoms with Crippen LogP contribution in [-0.4, -0.2) is 31.1 Å². The molecule has 1 amide bonds. The second kappa shape index (κ2) is 8.26. The van der Waals surface area contributed by atoms with Crippen molar-refractivity contribution in [2.75, 3.05) is 10.6 Å². The summed E-state index contributed by atoms with van der Waals surface area (Å²) in [5.41, 5.74) is 1.98. The van der Waals surface area contributed by atoms with Gasteiger partial charge in [-0.15, -0.1) is 5.10 Å². The third-order valence-corrected chi connectivity index (χ3v) is 3.99. The third-order valence-electron chi connectivity index (χ3n) is 3.99. The number of hydrogen-bond donors (Lipinski definition) is 3. The maximum Gasteiger partial charge on any atom is 0.258 e. The molecule has 0 atom stereocenters. The smallest absolute Gasteiger partial charge is 0.258 e. The van der Waals surface area contributed by atoms with Gasteiger partial charge >= 0.3 is 0 Å². The van der Waals surface area contributed by atoms with Crippen LogP contribution >= 0.6 is 0 Å². The molecule has 0 saturated heterocycles. The van der Waals surface area contributed by atoms with Crippen LogP contribution in [-0.2, 0) is 6.42 Å². The summed E-state index contributed by atoms with van der Waals surface area (Å²) in [6.07, 6.45) is 3.69. The lowest BCUT2D eigenvalue weighted by atomic mass is 10.1. The number of rotatable bonds is 6. The van der Waals surface area contributed by atoms with Crippen molar-refractivity contribution in [3.63, 3.8) is 0 Å². The van der Waals surface area contributed by atoms with Crippen LogP contribution in [0.4, 0.5) is 22.0 Å². The highest BCUT2D eigenvalue weighted by Gasteiger charge is 2.11. The third kappa shape index (κ3) is 4.78. The van der Waals surface area contributed by atoms with E-state index in [4.69, 9.17) is 0 Å². The Morgan fingerprint density at radius 2 is 1.79 bits per heavy atom. The highest BCUT2D eigenvalue weighted by molar-refractivity contribution is 6.03. The van der Waals surface area contributed by atoms with E-state index in [2.05, 4.69) is 35.8 Å². The molecule has 2 aromatic heterocycles. The largest absolute Gasteiger partial charge is 0.324 e. The maximum atomic E-state index is 13.0. The summed E-state index contributed by atoms with van der Waals surface area (Å²) in [6.45, 7) is 0. The van der Waals surface area contributed by atoms with Gasteiger partial charge in [0.15, 0.2) is 0 Å². The van der Waals surface area contributed by atoms with Crippen molar-refractivity contribution in [3.05, 3.63) is 89.8 Å². The number of anilines is 3. The number of nitrogens with one attached hydrogen (secondary N) is 3. The molecule has 2 aromatic carbocycles. The van der Waals surface area contributed by atoms with Gasteiger partial charge in [-0.25, -0.2) is 14.4 Å². The molecule has 0 aliphatic carbocycles. The Morgan fingerprint density at radius 3 is 2.59 bits per heavy atom. The summed E-state index contributed by atoms with van der Waals surface area (Å²) < 4.78 is 13.0. The van der Waals surface area contributed by atoms with Crippen molar-refractivity contribution in [3.8, 4) is 0 Å². The van der Waals surface area contributed by atoms with Crippen LogP contribution in [0, 0.1) is 5.82 Å². The van der Waals surface area contributed by atoms with E-state index in [1.807, 2.05) is 0 Å². The number of amides is 1. The summed E-state index contributed by atoms with van der Waals surface area (Å²) in [6, 6.07) is 14.7. The molecule has 0 bridgehead atoms. The Morgan fingerprint density at radius 1 is 1.00 bits per heavy atom. The normalized spacial score (nSPS) is 10.5. The van der Waals surface area contributed by atoms with E-state index in [1.165, 1.54) is 12.1 Å². The molecule has 0 aliphatic rings. The van der Waals surface area contributed by atoms with E-state index in [-0.39, 0.29) is 17.7 Å². The lowest BCUT2D eigenvalue weighted by Crippen LogP contribution is -2.13. The first-order chi connectivity index (χ1) is 14.2. The molecule has 4 rings (SSSR count). The van der Waals surface area contributed by atoms with Crippen LogP contribution in [0.1, 0.15) is 21.7 Å². The zero-order valence-electron chi connectivity index (χ0n) is 15.1. The second-order valence-electron chi connectivity index (χ2n) is 6.14. The van der Waals surface area contributed by atoms with E-state index in [0.717, 1.165) is 5.56 Å². The molecule has 2 heterocycles.